The molecule has 3 aliphatic rings. The lowest BCUT2D eigenvalue weighted by molar-refractivity contribution is 0.0377. The number of thiophene rings is 1. The Kier molecular flexibility index (Phi) is 2.20. The summed E-state index contributed by atoms with van der Waals surface area (Å²) in [6, 6.07) is 3.85. The third-order valence-electron chi connectivity index (χ3n) is 4.69. The van der Waals surface area contributed by atoms with Crippen molar-refractivity contribution in [2.45, 2.75) is 24.8 Å². The first kappa shape index (κ1) is 10.8. The molecule has 3 saturated heterocycles. The monoisotopic (exact) mass is 260 g/mol. The predicted molar refractivity (Wildman–Crippen MR) is 74.4 cm³/mol. The predicted octanol–water partition coefficient (Wildman–Crippen LogP) is 2.26. The van der Waals surface area contributed by atoms with E-state index in [0.717, 1.165) is 10.2 Å². The average Bonchev–Trinajstić information content (AvgIpc) is 2.91. The molecule has 3 nitrogen and oxygen atoms in total. The van der Waals surface area contributed by atoms with E-state index in [0.29, 0.717) is 0 Å². The molecule has 0 atom stereocenters. The van der Waals surface area contributed by atoms with Crippen molar-refractivity contribution in [2.75, 3.05) is 19.6 Å². The third-order valence-corrected chi connectivity index (χ3v) is 5.61. The second-order valence-corrected chi connectivity index (χ2v) is 6.42. The quantitative estimate of drug-likeness (QED) is 0.786. The summed E-state index contributed by atoms with van der Waals surface area (Å²) in [6.07, 6.45) is 5.70. The van der Waals surface area contributed by atoms with E-state index >= 15 is 0 Å². The van der Waals surface area contributed by atoms with Crippen LogP contribution in [-0.4, -0.2) is 29.1 Å². The first-order valence-corrected chi connectivity index (χ1v) is 7.48. The van der Waals surface area contributed by atoms with Gasteiger partial charge < -0.3 is 9.47 Å². The number of hydrogen-bond donors (Lipinski definition) is 0. The maximum Gasteiger partial charge on any atom is 0.199 e. The van der Waals surface area contributed by atoms with Gasteiger partial charge in [0.1, 0.15) is 0 Å². The molecule has 5 heterocycles. The largest absolute Gasteiger partial charge is 0.340 e. The highest BCUT2D eigenvalue weighted by atomic mass is 32.1. The van der Waals surface area contributed by atoms with Gasteiger partial charge in [-0.1, -0.05) is 0 Å². The second-order valence-electron chi connectivity index (χ2n) is 5.50. The first-order chi connectivity index (χ1) is 8.78. The molecule has 18 heavy (non-hydrogen) atoms. The first-order valence-electron chi connectivity index (χ1n) is 6.60. The molecule has 2 aromatic heterocycles. The Morgan fingerprint density at radius 3 is 2.56 bits per heavy atom. The lowest BCUT2D eigenvalue weighted by Crippen LogP contribution is -2.53. The SMILES string of the molecule is O=c1ccn(C23CCN(CC2)CC3)c2ccsc12. The Hall–Kier alpha value is -1.13. The summed E-state index contributed by atoms with van der Waals surface area (Å²) in [6.45, 7) is 3.62. The molecule has 2 aromatic rings. The molecule has 0 aliphatic carbocycles. The van der Waals surface area contributed by atoms with E-state index in [4.69, 9.17) is 0 Å². The molecule has 0 N–H and O–H groups in total. The van der Waals surface area contributed by atoms with E-state index in [1.54, 1.807) is 17.4 Å². The molecule has 0 radical (unpaired) electrons. The summed E-state index contributed by atoms with van der Waals surface area (Å²) in [5.41, 5.74) is 1.57. The number of fused-ring (bicyclic) bond motifs is 4. The van der Waals surface area contributed by atoms with Crippen LogP contribution in [0.15, 0.2) is 28.5 Å². The minimum atomic E-state index is 0.167. The van der Waals surface area contributed by atoms with Gasteiger partial charge in [-0.15, -0.1) is 11.3 Å². The molecule has 0 aromatic carbocycles. The zero-order valence-electron chi connectivity index (χ0n) is 10.3. The molecule has 0 unspecified atom stereocenters. The van der Waals surface area contributed by atoms with E-state index < -0.39 is 0 Å². The van der Waals surface area contributed by atoms with Crippen LogP contribution in [0, 0.1) is 0 Å². The number of aromatic nitrogens is 1. The second kappa shape index (κ2) is 3.68. The summed E-state index contributed by atoms with van der Waals surface area (Å²) in [4.78, 5) is 14.4. The summed E-state index contributed by atoms with van der Waals surface area (Å²) in [7, 11) is 0. The molecular weight excluding hydrogens is 244 g/mol. The fourth-order valence-corrected chi connectivity index (χ4v) is 4.36. The van der Waals surface area contributed by atoms with Crippen molar-refractivity contribution in [3.63, 3.8) is 0 Å². The van der Waals surface area contributed by atoms with Gasteiger partial charge in [-0.25, -0.2) is 0 Å². The molecule has 3 aliphatic heterocycles. The van der Waals surface area contributed by atoms with E-state index in [9.17, 15) is 4.79 Å². The number of nitrogens with zero attached hydrogens (tertiary/aromatic N) is 2. The summed E-state index contributed by atoms with van der Waals surface area (Å²) >= 11 is 1.57. The van der Waals surface area contributed by atoms with Crippen LogP contribution < -0.4 is 5.43 Å². The zero-order chi connectivity index (χ0) is 12.2. The Morgan fingerprint density at radius 2 is 1.83 bits per heavy atom. The van der Waals surface area contributed by atoms with Gasteiger partial charge in [-0.3, -0.25) is 4.79 Å². The highest BCUT2D eigenvalue weighted by Crippen LogP contribution is 2.40. The van der Waals surface area contributed by atoms with Gasteiger partial charge >= 0.3 is 0 Å². The number of pyridine rings is 1. The summed E-state index contributed by atoms with van der Waals surface area (Å²) in [5.74, 6) is 0. The van der Waals surface area contributed by atoms with Crippen molar-refractivity contribution >= 4 is 21.6 Å². The molecule has 3 fully saturated rings. The van der Waals surface area contributed by atoms with Crippen LogP contribution in [0.3, 0.4) is 0 Å². The van der Waals surface area contributed by atoms with Gasteiger partial charge in [-0.05, 0) is 30.7 Å². The summed E-state index contributed by atoms with van der Waals surface area (Å²) in [5, 5.41) is 2.04. The van der Waals surface area contributed by atoms with Crippen molar-refractivity contribution in [2.24, 2.45) is 0 Å². The molecule has 94 valence electrons. The van der Waals surface area contributed by atoms with E-state index in [2.05, 4.69) is 15.5 Å². The Balaban J connectivity index is 1.94. The van der Waals surface area contributed by atoms with Crippen LogP contribution in [0.2, 0.25) is 0 Å². The minimum Gasteiger partial charge on any atom is -0.340 e. The average molecular weight is 260 g/mol. The van der Waals surface area contributed by atoms with Gasteiger partial charge in [0.25, 0.3) is 0 Å². The lowest BCUT2D eigenvalue weighted by atomic mass is 9.79. The summed E-state index contributed by atoms with van der Waals surface area (Å²) < 4.78 is 3.32. The smallest absolute Gasteiger partial charge is 0.199 e. The van der Waals surface area contributed by atoms with Gasteiger partial charge in [-0.2, -0.15) is 0 Å². The van der Waals surface area contributed by atoms with Crippen LogP contribution in [0.5, 0.6) is 0 Å². The lowest BCUT2D eigenvalue weighted by Gasteiger charge is -2.50. The fourth-order valence-electron chi connectivity index (χ4n) is 3.56. The minimum absolute atomic E-state index is 0.167. The van der Waals surface area contributed by atoms with Crippen molar-refractivity contribution < 1.29 is 0 Å². The van der Waals surface area contributed by atoms with Gasteiger partial charge in [0.15, 0.2) is 5.43 Å². The van der Waals surface area contributed by atoms with Gasteiger partial charge in [0.2, 0.25) is 0 Å². The van der Waals surface area contributed by atoms with E-state index in [-0.39, 0.29) is 11.0 Å². The van der Waals surface area contributed by atoms with Crippen LogP contribution >= 0.6 is 11.3 Å². The standard InChI is InChI=1S/C14H16N2OS/c17-12-1-6-16(11-2-10-18-13(11)12)14-3-7-15(8-4-14)9-5-14/h1-2,6,10H,3-5,7-9H2. The molecule has 4 heteroatoms. The molecule has 5 rings (SSSR count). The van der Waals surface area contributed by atoms with Crippen molar-refractivity contribution in [3.8, 4) is 0 Å². The molecule has 2 bridgehead atoms. The van der Waals surface area contributed by atoms with E-state index in [1.165, 1.54) is 38.9 Å². The molecule has 0 spiro atoms. The van der Waals surface area contributed by atoms with Crippen LogP contribution in [0.25, 0.3) is 10.2 Å². The zero-order valence-corrected chi connectivity index (χ0v) is 11.1. The maximum atomic E-state index is 11.9. The van der Waals surface area contributed by atoms with Crippen LogP contribution in [-0.2, 0) is 5.54 Å². The van der Waals surface area contributed by atoms with Crippen molar-refractivity contribution in [1.29, 1.82) is 0 Å². The van der Waals surface area contributed by atoms with Crippen molar-refractivity contribution in [1.82, 2.24) is 9.47 Å². The highest BCUT2D eigenvalue weighted by molar-refractivity contribution is 7.17. The molecular formula is C14H16N2OS. The van der Waals surface area contributed by atoms with Crippen LogP contribution in [0.1, 0.15) is 19.3 Å². The Bertz CT molecular complexity index is 635. The van der Waals surface area contributed by atoms with Gasteiger partial charge in [0, 0.05) is 37.4 Å². The topological polar surface area (TPSA) is 25.2 Å². The Morgan fingerprint density at radius 1 is 1.11 bits per heavy atom. The maximum absolute atomic E-state index is 11.9. The molecule has 0 amide bonds. The Labute approximate surface area is 110 Å². The van der Waals surface area contributed by atoms with Crippen LogP contribution in [0.4, 0.5) is 0 Å². The van der Waals surface area contributed by atoms with Gasteiger partial charge in [0.05, 0.1) is 10.2 Å². The number of piperidine rings is 3. The normalized spacial score (nSPS) is 31.0. The number of hydrogen-bond acceptors (Lipinski definition) is 3. The molecule has 0 saturated carbocycles. The van der Waals surface area contributed by atoms with E-state index in [1.807, 2.05) is 11.6 Å². The third kappa shape index (κ3) is 1.36. The highest BCUT2D eigenvalue weighted by Gasteiger charge is 2.40. The van der Waals surface area contributed by atoms with Crippen molar-refractivity contribution in [3.05, 3.63) is 33.9 Å². The fraction of sp³-hybridized carbons (Fsp3) is 0.500. The number of rotatable bonds is 1.